The number of amides is 1. The van der Waals surface area contributed by atoms with Crippen molar-refractivity contribution >= 4 is 11.9 Å². The Morgan fingerprint density at radius 3 is 2.38 bits per heavy atom. The number of benzene rings is 3. The molecule has 0 aromatic heterocycles. The first-order valence-electron chi connectivity index (χ1n) is 13.6. The molecule has 3 aromatic carbocycles. The summed E-state index contributed by atoms with van der Waals surface area (Å²) in [6.07, 6.45) is 2.54. The number of hydrogen-bond acceptors (Lipinski definition) is 5. The van der Waals surface area contributed by atoms with Gasteiger partial charge in [0.1, 0.15) is 12.6 Å². The highest BCUT2D eigenvalue weighted by Gasteiger charge is 2.50. The number of carbonyl (C=O) groups is 2. The topological polar surface area (TPSA) is 85.3 Å². The molecular weight excluding hydrogens is 494 g/mol. The normalized spacial score (nSPS) is 23.9. The van der Waals surface area contributed by atoms with E-state index < -0.39 is 18.1 Å². The standard InChI is InChI=1S/C32H33NO6/c1-37-28-15-13-23-18-33(26(32(35)36)17-25(23)30(28)38-19-20-8-4-2-5-9-20)31(34)29(21-10-6-3-7-11-21)39-27-14-12-22-16-24(22)27/h2-11,13,15,22,24,26-27,29H,12,14,16-19H2,1H3,(H,35,36)/t22?,24?,26-,27+,29?/m0/s1. The van der Waals surface area contributed by atoms with Crippen LogP contribution in [0.5, 0.6) is 11.5 Å². The minimum atomic E-state index is -1.05. The first-order valence-corrected chi connectivity index (χ1v) is 13.6. The molecule has 7 nitrogen and oxygen atoms in total. The maximum Gasteiger partial charge on any atom is 0.326 e. The zero-order valence-corrected chi connectivity index (χ0v) is 22.0. The number of aliphatic carboxylic acids is 1. The van der Waals surface area contributed by atoms with Gasteiger partial charge in [-0.3, -0.25) is 4.79 Å². The molecule has 2 fully saturated rings. The zero-order chi connectivity index (χ0) is 26.9. The van der Waals surface area contributed by atoms with Gasteiger partial charge in [-0.15, -0.1) is 0 Å². The van der Waals surface area contributed by atoms with Crippen LogP contribution in [0.4, 0.5) is 0 Å². The second kappa shape index (κ2) is 10.7. The number of rotatable bonds is 9. The summed E-state index contributed by atoms with van der Waals surface area (Å²) in [6.45, 7) is 0.474. The lowest BCUT2D eigenvalue weighted by atomic mass is 9.91. The van der Waals surface area contributed by atoms with Crippen molar-refractivity contribution in [2.45, 2.75) is 57.1 Å². The van der Waals surface area contributed by atoms with Crippen LogP contribution in [0.1, 0.15) is 47.6 Å². The molecule has 1 amide bonds. The second-order valence-corrected chi connectivity index (χ2v) is 10.7. The van der Waals surface area contributed by atoms with E-state index in [-0.39, 0.29) is 25.0 Å². The van der Waals surface area contributed by atoms with E-state index in [0.717, 1.165) is 41.5 Å². The van der Waals surface area contributed by atoms with Crippen LogP contribution in [0, 0.1) is 11.8 Å². The van der Waals surface area contributed by atoms with E-state index in [1.807, 2.05) is 72.8 Å². The highest BCUT2D eigenvalue weighted by Crippen LogP contribution is 2.54. The van der Waals surface area contributed by atoms with E-state index in [4.69, 9.17) is 14.2 Å². The highest BCUT2D eigenvalue weighted by atomic mass is 16.5. The molecule has 0 bridgehead atoms. The molecule has 0 radical (unpaired) electrons. The molecule has 202 valence electrons. The van der Waals surface area contributed by atoms with Gasteiger partial charge >= 0.3 is 5.97 Å². The SMILES string of the molecule is COc1ccc2c(c1OCc1ccccc1)C[C@@H](C(=O)O)N(C(=O)C(O[C@@H]1CCC3CC31)c1ccccc1)C2. The van der Waals surface area contributed by atoms with Crippen molar-refractivity contribution in [3.05, 3.63) is 95.1 Å². The molecule has 39 heavy (non-hydrogen) atoms. The molecule has 7 heteroatoms. The number of carboxylic acid groups (broad SMARTS) is 1. The summed E-state index contributed by atoms with van der Waals surface area (Å²) >= 11 is 0. The van der Waals surface area contributed by atoms with Crippen LogP contribution in [0.2, 0.25) is 0 Å². The van der Waals surface area contributed by atoms with Crippen LogP contribution >= 0.6 is 0 Å². The molecule has 2 aliphatic carbocycles. The molecule has 1 heterocycles. The van der Waals surface area contributed by atoms with Crippen LogP contribution in [0.15, 0.2) is 72.8 Å². The summed E-state index contributed by atoms with van der Waals surface area (Å²) < 4.78 is 18.3. The highest BCUT2D eigenvalue weighted by molar-refractivity contribution is 5.88. The predicted octanol–water partition coefficient (Wildman–Crippen LogP) is 5.17. The molecular formula is C32H33NO6. The Labute approximate surface area is 228 Å². The number of ether oxygens (including phenoxy) is 3. The van der Waals surface area contributed by atoms with Gasteiger partial charge in [-0.2, -0.15) is 0 Å². The Bertz CT molecular complexity index is 1340. The number of carbonyl (C=O) groups excluding carboxylic acids is 1. The maximum atomic E-state index is 14.1. The largest absolute Gasteiger partial charge is 0.493 e. The minimum absolute atomic E-state index is 0.0340. The van der Waals surface area contributed by atoms with E-state index in [0.29, 0.717) is 29.9 Å². The van der Waals surface area contributed by atoms with Gasteiger partial charge in [-0.25, -0.2) is 4.79 Å². The van der Waals surface area contributed by atoms with E-state index in [2.05, 4.69) is 0 Å². The van der Waals surface area contributed by atoms with Gasteiger partial charge in [0, 0.05) is 18.5 Å². The van der Waals surface area contributed by atoms with Crippen molar-refractivity contribution in [1.82, 2.24) is 4.90 Å². The van der Waals surface area contributed by atoms with Gasteiger partial charge in [0.15, 0.2) is 17.6 Å². The zero-order valence-electron chi connectivity index (χ0n) is 22.0. The Morgan fingerprint density at radius 2 is 1.74 bits per heavy atom. The summed E-state index contributed by atoms with van der Waals surface area (Å²) in [5.74, 6) is 0.919. The smallest absolute Gasteiger partial charge is 0.326 e. The van der Waals surface area contributed by atoms with Gasteiger partial charge in [-0.1, -0.05) is 66.7 Å². The quantitative estimate of drug-likeness (QED) is 0.413. The van der Waals surface area contributed by atoms with E-state index in [1.54, 1.807) is 7.11 Å². The van der Waals surface area contributed by atoms with Crippen LogP contribution in [0.25, 0.3) is 0 Å². The van der Waals surface area contributed by atoms with Gasteiger partial charge in [-0.05, 0) is 53.9 Å². The maximum absolute atomic E-state index is 14.1. The summed E-state index contributed by atoms with van der Waals surface area (Å²) in [6, 6.07) is 21.9. The van der Waals surface area contributed by atoms with Crippen LogP contribution in [0.3, 0.4) is 0 Å². The molecule has 5 atom stereocenters. The first kappa shape index (κ1) is 25.4. The van der Waals surface area contributed by atoms with Crippen molar-refractivity contribution in [2.75, 3.05) is 7.11 Å². The van der Waals surface area contributed by atoms with Crippen LogP contribution in [-0.2, 0) is 33.9 Å². The number of hydrogen-bond donors (Lipinski definition) is 1. The number of nitrogens with zero attached hydrogens (tertiary/aromatic N) is 1. The Balaban J connectivity index is 1.31. The molecule has 1 N–H and O–H groups in total. The summed E-state index contributed by atoms with van der Waals surface area (Å²) in [4.78, 5) is 28.2. The Hall–Kier alpha value is -3.84. The lowest BCUT2D eigenvalue weighted by Crippen LogP contribution is -2.51. The lowest BCUT2D eigenvalue weighted by molar-refractivity contribution is -0.160. The lowest BCUT2D eigenvalue weighted by Gasteiger charge is -2.38. The minimum Gasteiger partial charge on any atom is -0.493 e. The number of carboxylic acids is 1. The summed E-state index contributed by atoms with van der Waals surface area (Å²) in [5, 5.41) is 10.3. The van der Waals surface area contributed by atoms with E-state index in [9.17, 15) is 14.7 Å². The van der Waals surface area contributed by atoms with Crippen molar-refractivity contribution in [3.8, 4) is 11.5 Å². The third-order valence-electron chi connectivity index (χ3n) is 8.36. The fraction of sp³-hybridized carbons (Fsp3) is 0.375. The molecule has 3 aliphatic rings. The first-order chi connectivity index (χ1) is 19.0. The Kier molecular flexibility index (Phi) is 7.00. The van der Waals surface area contributed by atoms with Crippen LogP contribution in [-0.4, -0.2) is 41.1 Å². The monoisotopic (exact) mass is 527 g/mol. The fourth-order valence-corrected chi connectivity index (χ4v) is 6.17. The summed E-state index contributed by atoms with van der Waals surface area (Å²) in [5.41, 5.74) is 3.35. The van der Waals surface area contributed by atoms with Crippen LogP contribution < -0.4 is 9.47 Å². The van der Waals surface area contributed by atoms with Crippen molar-refractivity contribution in [2.24, 2.45) is 11.8 Å². The van der Waals surface area contributed by atoms with Crippen molar-refractivity contribution in [1.29, 1.82) is 0 Å². The molecule has 2 saturated carbocycles. The molecule has 1 aliphatic heterocycles. The van der Waals surface area contributed by atoms with Gasteiger partial charge in [0.2, 0.25) is 0 Å². The third-order valence-corrected chi connectivity index (χ3v) is 8.36. The molecule has 3 unspecified atom stereocenters. The Morgan fingerprint density at radius 1 is 1.00 bits per heavy atom. The average Bonchev–Trinajstić information content (AvgIpc) is 3.65. The van der Waals surface area contributed by atoms with Gasteiger partial charge in [0.25, 0.3) is 5.91 Å². The third kappa shape index (κ3) is 5.11. The number of methoxy groups -OCH3 is 1. The molecule has 0 saturated heterocycles. The fourth-order valence-electron chi connectivity index (χ4n) is 6.17. The average molecular weight is 528 g/mol. The molecule has 6 rings (SSSR count). The van der Waals surface area contributed by atoms with E-state index >= 15 is 0 Å². The molecule has 0 spiro atoms. The van der Waals surface area contributed by atoms with Gasteiger partial charge < -0.3 is 24.2 Å². The van der Waals surface area contributed by atoms with Gasteiger partial charge in [0.05, 0.1) is 13.2 Å². The van der Waals surface area contributed by atoms with Crippen molar-refractivity contribution < 1.29 is 28.9 Å². The number of fused-ring (bicyclic) bond motifs is 2. The molecule has 3 aromatic rings. The second-order valence-electron chi connectivity index (χ2n) is 10.7. The van der Waals surface area contributed by atoms with Crippen molar-refractivity contribution in [3.63, 3.8) is 0 Å². The predicted molar refractivity (Wildman–Crippen MR) is 144 cm³/mol. The summed E-state index contributed by atoms with van der Waals surface area (Å²) in [7, 11) is 1.57. The van der Waals surface area contributed by atoms with E-state index in [1.165, 1.54) is 4.90 Å².